The predicted octanol–water partition coefficient (Wildman–Crippen LogP) is 3.04. The van der Waals surface area contributed by atoms with E-state index >= 15 is 0 Å². The lowest BCUT2D eigenvalue weighted by Gasteiger charge is -2.20. The molecule has 2 aromatic rings. The molecular weight excluding hydrogens is 304 g/mol. The zero-order valence-electron chi connectivity index (χ0n) is 13.0. The van der Waals surface area contributed by atoms with Gasteiger partial charge >= 0.3 is 0 Å². The molecule has 0 saturated carbocycles. The second-order valence-corrected chi connectivity index (χ2v) is 6.56. The average molecular weight is 323 g/mol. The number of carbonyl (C=O) groups is 2. The van der Waals surface area contributed by atoms with Gasteiger partial charge in [-0.05, 0) is 33.8 Å². The Labute approximate surface area is 134 Å². The van der Waals surface area contributed by atoms with Crippen molar-refractivity contribution in [1.82, 2.24) is 10.6 Å². The molecule has 1 heterocycles. The van der Waals surface area contributed by atoms with Gasteiger partial charge < -0.3 is 15.1 Å². The van der Waals surface area contributed by atoms with Gasteiger partial charge in [-0.25, -0.2) is 0 Å². The van der Waals surface area contributed by atoms with Crippen molar-refractivity contribution in [2.24, 2.45) is 0 Å². The number of benzene rings is 1. The number of fused-ring (bicyclic) bond motifs is 1. The van der Waals surface area contributed by atoms with E-state index in [2.05, 4.69) is 10.6 Å². The van der Waals surface area contributed by atoms with E-state index in [0.717, 1.165) is 5.39 Å². The van der Waals surface area contributed by atoms with Crippen LogP contribution in [0.4, 0.5) is 0 Å². The second kappa shape index (κ2) is 6.01. The first-order valence-electron chi connectivity index (χ1n) is 6.96. The highest BCUT2D eigenvalue weighted by Crippen LogP contribution is 2.30. The molecule has 2 amide bonds. The smallest absolute Gasteiger partial charge is 0.287 e. The van der Waals surface area contributed by atoms with E-state index in [-0.39, 0.29) is 23.8 Å². The number of nitrogens with one attached hydrogen (secondary N) is 2. The van der Waals surface area contributed by atoms with Crippen LogP contribution in [0.2, 0.25) is 5.02 Å². The quantitative estimate of drug-likeness (QED) is 0.912. The molecule has 5 nitrogen and oxygen atoms in total. The molecule has 0 unspecified atom stereocenters. The number of amides is 2. The molecule has 2 rings (SSSR count). The van der Waals surface area contributed by atoms with Crippen LogP contribution in [0.5, 0.6) is 0 Å². The van der Waals surface area contributed by atoms with E-state index in [1.54, 1.807) is 19.1 Å². The van der Waals surface area contributed by atoms with Crippen LogP contribution in [0.25, 0.3) is 11.0 Å². The summed E-state index contributed by atoms with van der Waals surface area (Å²) in [4.78, 5) is 23.9. The van der Waals surface area contributed by atoms with Crippen molar-refractivity contribution < 1.29 is 14.0 Å². The van der Waals surface area contributed by atoms with Crippen molar-refractivity contribution >= 4 is 34.4 Å². The van der Waals surface area contributed by atoms with E-state index in [0.29, 0.717) is 16.2 Å². The number of furan rings is 1. The number of hydrogen-bond acceptors (Lipinski definition) is 3. The lowest BCUT2D eigenvalue weighted by molar-refractivity contribution is -0.121. The van der Waals surface area contributed by atoms with Crippen LogP contribution in [0.15, 0.2) is 22.6 Å². The molecule has 0 aliphatic heterocycles. The zero-order chi connectivity index (χ0) is 16.5. The largest absolute Gasteiger partial charge is 0.449 e. The number of para-hydroxylation sites is 1. The Morgan fingerprint density at radius 3 is 2.55 bits per heavy atom. The van der Waals surface area contributed by atoms with Gasteiger partial charge in [0, 0.05) is 16.5 Å². The first kappa shape index (κ1) is 16.4. The van der Waals surface area contributed by atoms with Gasteiger partial charge in [0.25, 0.3) is 5.91 Å². The maximum Gasteiger partial charge on any atom is 0.287 e. The molecule has 0 saturated heterocycles. The Bertz CT molecular complexity index is 729. The van der Waals surface area contributed by atoms with Gasteiger partial charge in [0.1, 0.15) is 0 Å². The van der Waals surface area contributed by atoms with Crippen LogP contribution >= 0.6 is 11.6 Å². The summed E-state index contributed by atoms with van der Waals surface area (Å²) in [5.74, 6) is -0.520. The van der Waals surface area contributed by atoms with Crippen LogP contribution in [-0.4, -0.2) is 23.9 Å². The molecule has 1 aromatic heterocycles. The summed E-state index contributed by atoms with van der Waals surface area (Å²) in [6.45, 7) is 7.29. The minimum Gasteiger partial charge on any atom is -0.449 e. The molecule has 0 fully saturated rings. The molecule has 0 atom stereocenters. The monoisotopic (exact) mass is 322 g/mol. The fourth-order valence-electron chi connectivity index (χ4n) is 2.13. The van der Waals surface area contributed by atoms with Crippen LogP contribution in [-0.2, 0) is 4.79 Å². The summed E-state index contributed by atoms with van der Waals surface area (Å²) in [5.41, 5.74) is 0.835. The van der Waals surface area contributed by atoms with Crippen LogP contribution in [0.1, 0.15) is 36.9 Å². The van der Waals surface area contributed by atoms with E-state index in [4.69, 9.17) is 16.0 Å². The number of carbonyl (C=O) groups excluding carboxylic acids is 2. The van der Waals surface area contributed by atoms with E-state index in [9.17, 15) is 9.59 Å². The summed E-state index contributed by atoms with van der Waals surface area (Å²) in [7, 11) is 0. The maximum atomic E-state index is 12.2. The highest BCUT2D eigenvalue weighted by atomic mass is 35.5. The molecule has 6 heteroatoms. The standard InChI is InChI=1S/C16H19ClN2O3/c1-9-10-6-5-7-11(17)14(10)22-13(9)15(21)18-8-12(20)19-16(2,3)4/h5-7H,8H2,1-4H3,(H,18,21)(H,19,20). The molecule has 0 bridgehead atoms. The first-order chi connectivity index (χ1) is 10.2. The Balaban J connectivity index is 2.12. The highest BCUT2D eigenvalue weighted by molar-refractivity contribution is 6.35. The number of hydrogen-bond donors (Lipinski definition) is 2. The third-order valence-corrected chi connectivity index (χ3v) is 3.34. The predicted molar refractivity (Wildman–Crippen MR) is 86.2 cm³/mol. The van der Waals surface area contributed by atoms with Crippen molar-refractivity contribution in [3.8, 4) is 0 Å². The summed E-state index contributed by atoms with van der Waals surface area (Å²) < 4.78 is 5.55. The van der Waals surface area contributed by atoms with Gasteiger partial charge in [-0.15, -0.1) is 0 Å². The van der Waals surface area contributed by atoms with Crippen LogP contribution in [0.3, 0.4) is 0 Å². The van der Waals surface area contributed by atoms with Crippen molar-refractivity contribution in [3.63, 3.8) is 0 Å². The lowest BCUT2D eigenvalue weighted by atomic mass is 10.1. The Morgan fingerprint density at radius 1 is 1.27 bits per heavy atom. The minimum absolute atomic E-state index is 0.111. The average Bonchev–Trinajstić information content (AvgIpc) is 2.73. The van der Waals surface area contributed by atoms with Crippen LogP contribution < -0.4 is 10.6 Å². The summed E-state index contributed by atoms with van der Waals surface area (Å²) in [6.07, 6.45) is 0. The van der Waals surface area contributed by atoms with E-state index < -0.39 is 5.91 Å². The summed E-state index contributed by atoms with van der Waals surface area (Å²) in [5, 5.41) is 6.56. The zero-order valence-corrected chi connectivity index (χ0v) is 13.8. The molecule has 0 aliphatic rings. The second-order valence-electron chi connectivity index (χ2n) is 6.15. The molecular formula is C16H19ClN2O3. The van der Waals surface area contributed by atoms with Crippen molar-refractivity contribution in [2.75, 3.05) is 6.54 Å². The summed E-state index contributed by atoms with van der Waals surface area (Å²) >= 11 is 6.06. The van der Waals surface area contributed by atoms with Gasteiger partial charge in [-0.1, -0.05) is 23.7 Å². The highest BCUT2D eigenvalue weighted by Gasteiger charge is 2.20. The third-order valence-electron chi connectivity index (χ3n) is 3.05. The van der Waals surface area contributed by atoms with E-state index in [1.165, 1.54) is 0 Å². The number of rotatable bonds is 3. The van der Waals surface area contributed by atoms with Crippen molar-refractivity contribution in [1.29, 1.82) is 0 Å². The topological polar surface area (TPSA) is 71.3 Å². The molecule has 0 spiro atoms. The molecule has 0 radical (unpaired) electrons. The summed E-state index contributed by atoms with van der Waals surface area (Å²) in [6, 6.07) is 5.33. The normalized spacial score (nSPS) is 11.5. The molecule has 2 N–H and O–H groups in total. The Hall–Kier alpha value is -2.01. The van der Waals surface area contributed by atoms with Crippen molar-refractivity contribution in [2.45, 2.75) is 33.2 Å². The third kappa shape index (κ3) is 3.60. The fourth-order valence-corrected chi connectivity index (χ4v) is 2.34. The number of halogens is 1. The molecule has 118 valence electrons. The fraction of sp³-hybridized carbons (Fsp3) is 0.375. The SMILES string of the molecule is Cc1c(C(=O)NCC(=O)NC(C)(C)C)oc2c(Cl)cccc12. The van der Waals surface area contributed by atoms with Crippen molar-refractivity contribution in [3.05, 3.63) is 34.5 Å². The van der Waals surface area contributed by atoms with Crippen LogP contribution in [0, 0.1) is 6.92 Å². The van der Waals surface area contributed by atoms with E-state index in [1.807, 2.05) is 26.8 Å². The number of aryl methyl sites for hydroxylation is 1. The van der Waals surface area contributed by atoms with Gasteiger partial charge in [0.05, 0.1) is 11.6 Å². The lowest BCUT2D eigenvalue weighted by Crippen LogP contribution is -2.45. The maximum absolute atomic E-state index is 12.2. The Morgan fingerprint density at radius 2 is 1.95 bits per heavy atom. The molecule has 1 aromatic carbocycles. The molecule has 22 heavy (non-hydrogen) atoms. The van der Waals surface area contributed by atoms with Gasteiger partial charge in [0.2, 0.25) is 5.91 Å². The molecule has 0 aliphatic carbocycles. The van der Waals surface area contributed by atoms with Gasteiger partial charge in [-0.3, -0.25) is 9.59 Å². The first-order valence-corrected chi connectivity index (χ1v) is 7.33. The van der Waals surface area contributed by atoms with Gasteiger partial charge in [0.15, 0.2) is 11.3 Å². The van der Waals surface area contributed by atoms with Gasteiger partial charge in [-0.2, -0.15) is 0 Å². The minimum atomic E-state index is -0.436. The Kier molecular flexibility index (Phi) is 4.47.